The van der Waals surface area contributed by atoms with E-state index in [1.165, 1.54) is 10.9 Å². The maximum Gasteiger partial charge on any atom is 0.239 e. The normalized spacial score (nSPS) is 12.6. The topological polar surface area (TPSA) is 89.2 Å². The minimum absolute atomic E-state index is 0.541. The van der Waals surface area contributed by atoms with Crippen LogP contribution >= 0.6 is 0 Å². The number of benzene rings is 1. The predicted octanol–water partition coefficient (Wildman–Crippen LogP) is 4.50. The summed E-state index contributed by atoms with van der Waals surface area (Å²) in [5.74, 6) is 2.75. The smallest absolute Gasteiger partial charge is 0.239 e. The Labute approximate surface area is 186 Å². The zero-order chi connectivity index (χ0) is 22.1. The quantitative estimate of drug-likeness (QED) is 0.380. The molecule has 1 aromatic carbocycles. The van der Waals surface area contributed by atoms with E-state index in [0.717, 1.165) is 54.3 Å². The molecule has 0 aliphatic rings. The molecule has 5 aromatic rings. The summed E-state index contributed by atoms with van der Waals surface area (Å²) < 4.78 is 4.04. The van der Waals surface area contributed by atoms with Gasteiger partial charge in [-0.1, -0.05) is 38.5 Å². The SMILES string of the molecule is CCC(C)Cn1cnc2c(NCCc3c[nH]c4ccccc34)nc(-n3ccnc3C)nc21. The first-order valence-electron chi connectivity index (χ1n) is 11.2. The van der Waals surface area contributed by atoms with Gasteiger partial charge in [-0.25, -0.2) is 9.97 Å². The Hall–Kier alpha value is -3.68. The van der Waals surface area contributed by atoms with Crippen molar-refractivity contribution in [2.45, 2.75) is 40.2 Å². The first-order chi connectivity index (χ1) is 15.6. The average Bonchev–Trinajstić information content (AvgIpc) is 3.53. The molecule has 1 atom stereocenters. The van der Waals surface area contributed by atoms with Crippen LogP contribution in [0.15, 0.2) is 49.2 Å². The fraction of sp³-hybridized carbons (Fsp3) is 0.333. The van der Waals surface area contributed by atoms with Gasteiger partial charge >= 0.3 is 0 Å². The van der Waals surface area contributed by atoms with Gasteiger partial charge in [-0.15, -0.1) is 0 Å². The number of para-hydroxylation sites is 1. The van der Waals surface area contributed by atoms with E-state index in [1.807, 2.05) is 30.1 Å². The molecule has 0 aliphatic carbocycles. The molecular weight excluding hydrogens is 400 g/mol. The predicted molar refractivity (Wildman–Crippen MR) is 127 cm³/mol. The summed E-state index contributed by atoms with van der Waals surface area (Å²) in [5, 5.41) is 4.78. The number of rotatable bonds is 8. The second kappa shape index (κ2) is 8.45. The summed E-state index contributed by atoms with van der Waals surface area (Å²) in [4.78, 5) is 22.0. The molecule has 164 valence electrons. The van der Waals surface area contributed by atoms with Gasteiger partial charge < -0.3 is 14.9 Å². The number of aryl methyl sites for hydroxylation is 1. The maximum absolute atomic E-state index is 4.85. The zero-order valence-electron chi connectivity index (χ0n) is 18.7. The van der Waals surface area contributed by atoms with E-state index in [-0.39, 0.29) is 0 Å². The average molecular weight is 429 g/mol. The van der Waals surface area contributed by atoms with Crippen molar-refractivity contribution in [3.05, 3.63) is 60.6 Å². The van der Waals surface area contributed by atoms with E-state index in [1.54, 1.807) is 6.20 Å². The van der Waals surface area contributed by atoms with Crippen LogP contribution in [0.1, 0.15) is 31.7 Å². The third kappa shape index (κ3) is 3.72. The number of imidazole rings is 2. The Balaban J connectivity index is 1.47. The number of anilines is 1. The number of aromatic nitrogens is 7. The van der Waals surface area contributed by atoms with Gasteiger partial charge in [-0.3, -0.25) is 4.57 Å². The van der Waals surface area contributed by atoms with E-state index < -0.39 is 0 Å². The molecule has 1 unspecified atom stereocenters. The molecule has 0 fully saturated rings. The lowest BCUT2D eigenvalue weighted by molar-refractivity contribution is 0.474. The molecule has 5 rings (SSSR count). The van der Waals surface area contributed by atoms with Gasteiger partial charge in [-0.05, 0) is 30.9 Å². The summed E-state index contributed by atoms with van der Waals surface area (Å²) in [5.41, 5.74) is 4.09. The molecule has 4 heterocycles. The second-order valence-corrected chi connectivity index (χ2v) is 8.34. The van der Waals surface area contributed by atoms with Crippen molar-refractivity contribution in [3.63, 3.8) is 0 Å². The fourth-order valence-corrected chi connectivity index (χ4v) is 4.01. The van der Waals surface area contributed by atoms with Gasteiger partial charge in [0.2, 0.25) is 5.95 Å². The molecular formula is C24H28N8. The van der Waals surface area contributed by atoms with Crippen LogP contribution in [0.25, 0.3) is 28.0 Å². The summed E-state index contributed by atoms with van der Waals surface area (Å²) >= 11 is 0. The molecule has 0 saturated carbocycles. The Morgan fingerprint density at radius 1 is 1.16 bits per heavy atom. The van der Waals surface area contributed by atoms with Gasteiger partial charge in [-0.2, -0.15) is 9.97 Å². The van der Waals surface area contributed by atoms with E-state index in [0.29, 0.717) is 11.9 Å². The van der Waals surface area contributed by atoms with Crippen molar-refractivity contribution >= 4 is 27.9 Å². The van der Waals surface area contributed by atoms with Gasteiger partial charge in [0.05, 0.1) is 6.33 Å². The standard InChI is InChI=1S/C24H28N8/c1-4-16(2)14-31-15-28-21-22(29-24(30-23(21)31)32-12-11-25-17(32)3)26-10-9-18-13-27-20-8-6-5-7-19(18)20/h5-8,11-13,15-16,27H,4,9-10,14H2,1-3H3,(H,26,29,30). The molecule has 2 N–H and O–H groups in total. The number of H-pyrrole nitrogens is 1. The highest BCUT2D eigenvalue weighted by Gasteiger charge is 2.16. The monoisotopic (exact) mass is 428 g/mol. The van der Waals surface area contributed by atoms with Crippen LogP contribution in [0.4, 0.5) is 5.82 Å². The second-order valence-electron chi connectivity index (χ2n) is 8.34. The summed E-state index contributed by atoms with van der Waals surface area (Å²) in [6.07, 6.45) is 9.60. The third-order valence-corrected chi connectivity index (χ3v) is 6.06. The van der Waals surface area contributed by atoms with Gasteiger partial charge in [0, 0.05) is 42.6 Å². The number of aromatic amines is 1. The Bertz CT molecular complexity index is 1360. The summed E-state index contributed by atoms with van der Waals surface area (Å²) in [6, 6.07) is 8.38. The molecule has 0 spiro atoms. The van der Waals surface area contributed by atoms with Crippen molar-refractivity contribution in [2.24, 2.45) is 5.92 Å². The van der Waals surface area contributed by atoms with E-state index in [9.17, 15) is 0 Å². The van der Waals surface area contributed by atoms with Crippen LogP contribution < -0.4 is 5.32 Å². The van der Waals surface area contributed by atoms with Crippen LogP contribution in [0.2, 0.25) is 0 Å². The van der Waals surface area contributed by atoms with Crippen molar-refractivity contribution in [1.82, 2.24) is 34.1 Å². The lowest BCUT2D eigenvalue weighted by Gasteiger charge is -2.12. The van der Waals surface area contributed by atoms with E-state index in [2.05, 4.69) is 63.1 Å². The highest BCUT2D eigenvalue weighted by Crippen LogP contribution is 2.23. The molecule has 0 radical (unpaired) electrons. The number of fused-ring (bicyclic) bond motifs is 2. The first kappa shape index (κ1) is 20.2. The van der Waals surface area contributed by atoms with Crippen molar-refractivity contribution in [3.8, 4) is 5.95 Å². The zero-order valence-corrected chi connectivity index (χ0v) is 18.7. The van der Waals surface area contributed by atoms with Crippen molar-refractivity contribution in [2.75, 3.05) is 11.9 Å². The molecule has 0 aliphatic heterocycles. The Morgan fingerprint density at radius 2 is 2.03 bits per heavy atom. The van der Waals surface area contributed by atoms with Crippen LogP contribution in [0.3, 0.4) is 0 Å². The van der Waals surface area contributed by atoms with E-state index >= 15 is 0 Å². The largest absolute Gasteiger partial charge is 0.368 e. The number of hydrogen-bond acceptors (Lipinski definition) is 5. The molecule has 0 bridgehead atoms. The number of nitrogens with one attached hydrogen (secondary N) is 2. The first-order valence-corrected chi connectivity index (χ1v) is 11.2. The molecule has 8 heteroatoms. The highest BCUT2D eigenvalue weighted by atomic mass is 15.2. The maximum atomic E-state index is 4.85. The van der Waals surface area contributed by atoms with Gasteiger partial charge in [0.1, 0.15) is 5.82 Å². The minimum Gasteiger partial charge on any atom is -0.368 e. The van der Waals surface area contributed by atoms with Crippen LogP contribution in [-0.4, -0.2) is 40.6 Å². The molecule has 4 aromatic heterocycles. The van der Waals surface area contributed by atoms with Crippen LogP contribution in [0, 0.1) is 12.8 Å². The lowest BCUT2D eigenvalue weighted by atomic mass is 10.1. The number of hydrogen-bond donors (Lipinski definition) is 2. The lowest BCUT2D eigenvalue weighted by Crippen LogP contribution is -2.12. The Kier molecular flexibility index (Phi) is 5.34. The van der Waals surface area contributed by atoms with Gasteiger partial charge in [0.15, 0.2) is 17.0 Å². The van der Waals surface area contributed by atoms with E-state index in [4.69, 9.17) is 9.97 Å². The molecule has 8 nitrogen and oxygen atoms in total. The highest BCUT2D eigenvalue weighted by molar-refractivity contribution is 5.84. The summed E-state index contributed by atoms with van der Waals surface area (Å²) in [7, 11) is 0. The fourth-order valence-electron chi connectivity index (χ4n) is 4.01. The van der Waals surface area contributed by atoms with Gasteiger partial charge in [0.25, 0.3) is 0 Å². The summed E-state index contributed by atoms with van der Waals surface area (Å²) in [6.45, 7) is 8.02. The van der Waals surface area contributed by atoms with Crippen molar-refractivity contribution < 1.29 is 0 Å². The molecule has 0 saturated heterocycles. The molecule has 0 amide bonds. The van der Waals surface area contributed by atoms with Crippen molar-refractivity contribution in [1.29, 1.82) is 0 Å². The van der Waals surface area contributed by atoms with Crippen LogP contribution in [-0.2, 0) is 13.0 Å². The Morgan fingerprint density at radius 3 is 2.84 bits per heavy atom. The van der Waals surface area contributed by atoms with Crippen LogP contribution in [0.5, 0.6) is 0 Å². The third-order valence-electron chi connectivity index (χ3n) is 6.06. The minimum atomic E-state index is 0.541. The molecule has 32 heavy (non-hydrogen) atoms. The number of nitrogens with zero attached hydrogens (tertiary/aromatic N) is 6.